The van der Waals surface area contributed by atoms with Crippen LogP contribution < -0.4 is 10.1 Å². The molecule has 1 aromatic rings. The number of benzene rings is 1. The minimum atomic E-state index is 0.102. The van der Waals surface area contributed by atoms with Gasteiger partial charge in [-0.05, 0) is 55.7 Å². The summed E-state index contributed by atoms with van der Waals surface area (Å²) in [5.74, 6) is 2.40. The molecule has 3 heteroatoms. The van der Waals surface area contributed by atoms with Gasteiger partial charge in [-0.25, -0.2) is 0 Å². The van der Waals surface area contributed by atoms with Crippen LogP contribution >= 0.6 is 0 Å². The third-order valence-corrected chi connectivity index (χ3v) is 4.35. The Morgan fingerprint density at radius 3 is 2.38 bits per heavy atom. The first kappa shape index (κ1) is 15.9. The Bertz CT molecular complexity index is 467. The van der Waals surface area contributed by atoms with Crippen LogP contribution in [0.2, 0.25) is 0 Å². The second-order valence-corrected chi connectivity index (χ2v) is 6.52. The molecule has 1 N–H and O–H groups in total. The molecule has 0 spiro atoms. The number of rotatable bonds is 5. The summed E-state index contributed by atoms with van der Waals surface area (Å²) in [5.41, 5.74) is 1.27. The van der Waals surface area contributed by atoms with Crippen LogP contribution in [0.1, 0.15) is 51.6 Å². The molecule has 1 aliphatic rings. The van der Waals surface area contributed by atoms with Crippen molar-refractivity contribution in [2.75, 3.05) is 6.61 Å². The standard InChI is InChI=1S/C18H26N2O/c1-13-10-14(2)12-17(11-13)20-15(3)16-4-6-18(7-5-16)21-9-8-19/h4-7,13-15,17,20H,9-12H2,1-3H3. The van der Waals surface area contributed by atoms with Crippen molar-refractivity contribution in [3.05, 3.63) is 29.8 Å². The molecule has 0 aliphatic heterocycles. The molecule has 0 heterocycles. The third-order valence-electron chi connectivity index (χ3n) is 4.35. The maximum Gasteiger partial charge on any atom is 0.174 e. The molecule has 0 saturated heterocycles. The van der Waals surface area contributed by atoms with Crippen molar-refractivity contribution in [2.24, 2.45) is 11.8 Å². The molecule has 0 aromatic heterocycles. The van der Waals surface area contributed by atoms with Crippen molar-refractivity contribution in [3.63, 3.8) is 0 Å². The van der Waals surface area contributed by atoms with Crippen molar-refractivity contribution in [1.82, 2.24) is 5.32 Å². The molecule has 114 valence electrons. The van der Waals surface area contributed by atoms with E-state index in [2.05, 4.69) is 38.2 Å². The minimum Gasteiger partial charge on any atom is -0.479 e. The summed E-state index contributed by atoms with van der Waals surface area (Å²) in [7, 11) is 0. The number of ether oxygens (including phenoxy) is 1. The van der Waals surface area contributed by atoms with Gasteiger partial charge in [0.25, 0.3) is 0 Å². The van der Waals surface area contributed by atoms with Gasteiger partial charge in [0.2, 0.25) is 0 Å². The van der Waals surface area contributed by atoms with Gasteiger partial charge in [-0.3, -0.25) is 0 Å². The van der Waals surface area contributed by atoms with Crippen molar-refractivity contribution >= 4 is 0 Å². The van der Waals surface area contributed by atoms with Gasteiger partial charge in [0.05, 0.1) is 0 Å². The lowest BCUT2D eigenvalue weighted by Crippen LogP contribution is -2.37. The molecule has 1 aromatic carbocycles. The number of hydrogen-bond donors (Lipinski definition) is 1. The quantitative estimate of drug-likeness (QED) is 0.887. The number of hydrogen-bond acceptors (Lipinski definition) is 3. The van der Waals surface area contributed by atoms with E-state index in [1.54, 1.807) is 0 Å². The van der Waals surface area contributed by atoms with Crippen LogP contribution in [0.15, 0.2) is 24.3 Å². The topological polar surface area (TPSA) is 45.0 Å². The van der Waals surface area contributed by atoms with E-state index in [4.69, 9.17) is 10.00 Å². The summed E-state index contributed by atoms with van der Waals surface area (Å²) in [5, 5.41) is 12.3. The Labute approximate surface area is 128 Å². The zero-order valence-electron chi connectivity index (χ0n) is 13.3. The van der Waals surface area contributed by atoms with Gasteiger partial charge in [-0.2, -0.15) is 5.26 Å². The van der Waals surface area contributed by atoms with Crippen LogP contribution in [0.25, 0.3) is 0 Å². The van der Waals surface area contributed by atoms with Gasteiger partial charge in [0.15, 0.2) is 6.61 Å². The van der Waals surface area contributed by atoms with E-state index in [-0.39, 0.29) is 6.61 Å². The van der Waals surface area contributed by atoms with Crippen LogP contribution in [-0.4, -0.2) is 12.6 Å². The van der Waals surface area contributed by atoms with E-state index >= 15 is 0 Å². The Balaban J connectivity index is 1.90. The van der Waals surface area contributed by atoms with E-state index in [0.29, 0.717) is 12.1 Å². The predicted octanol–water partition coefficient (Wildman–Crippen LogP) is 4.06. The van der Waals surface area contributed by atoms with Crippen LogP contribution in [0.4, 0.5) is 0 Å². The van der Waals surface area contributed by atoms with Gasteiger partial charge in [-0.15, -0.1) is 0 Å². The first-order valence-electron chi connectivity index (χ1n) is 7.94. The van der Waals surface area contributed by atoms with Gasteiger partial charge in [-0.1, -0.05) is 26.0 Å². The first-order valence-corrected chi connectivity index (χ1v) is 7.94. The van der Waals surface area contributed by atoms with E-state index in [9.17, 15) is 0 Å². The lowest BCUT2D eigenvalue weighted by atomic mass is 9.80. The summed E-state index contributed by atoms with van der Waals surface area (Å²) in [6.07, 6.45) is 3.91. The lowest BCUT2D eigenvalue weighted by Gasteiger charge is -2.34. The minimum absolute atomic E-state index is 0.102. The largest absolute Gasteiger partial charge is 0.479 e. The monoisotopic (exact) mass is 286 g/mol. The predicted molar refractivity (Wildman–Crippen MR) is 85.1 cm³/mol. The van der Waals surface area contributed by atoms with Crippen molar-refractivity contribution < 1.29 is 4.74 Å². The Kier molecular flexibility index (Phi) is 5.64. The molecular formula is C18H26N2O. The molecule has 3 unspecified atom stereocenters. The van der Waals surface area contributed by atoms with Gasteiger partial charge < -0.3 is 10.1 Å². The van der Waals surface area contributed by atoms with Crippen molar-refractivity contribution in [2.45, 2.75) is 52.1 Å². The van der Waals surface area contributed by atoms with Gasteiger partial charge >= 0.3 is 0 Å². The fraction of sp³-hybridized carbons (Fsp3) is 0.611. The van der Waals surface area contributed by atoms with Crippen LogP contribution in [0.5, 0.6) is 5.75 Å². The molecule has 0 bridgehead atoms. The molecule has 1 saturated carbocycles. The smallest absolute Gasteiger partial charge is 0.174 e. The molecule has 2 rings (SSSR count). The summed E-state index contributed by atoms with van der Waals surface area (Å²) in [6, 6.07) is 11.0. The fourth-order valence-corrected chi connectivity index (χ4v) is 3.50. The van der Waals surface area contributed by atoms with E-state index in [1.165, 1.54) is 24.8 Å². The van der Waals surface area contributed by atoms with E-state index < -0.39 is 0 Å². The Morgan fingerprint density at radius 2 is 1.81 bits per heavy atom. The summed E-state index contributed by atoms with van der Waals surface area (Å²) >= 11 is 0. The highest BCUT2D eigenvalue weighted by molar-refractivity contribution is 5.29. The highest BCUT2D eigenvalue weighted by Gasteiger charge is 2.24. The molecule has 3 atom stereocenters. The zero-order valence-corrected chi connectivity index (χ0v) is 13.3. The van der Waals surface area contributed by atoms with Gasteiger partial charge in [0, 0.05) is 12.1 Å². The highest BCUT2D eigenvalue weighted by Crippen LogP contribution is 2.30. The van der Waals surface area contributed by atoms with Crippen molar-refractivity contribution in [1.29, 1.82) is 5.26 Å². The summed E-state index contributed by atoms with van der Waals surface area (Å²) < 4.78 is 5.29. The Hall–Kier alpha value is -1.53. The van der Waals surface area contributed by atoms with E-state index in [0.717, 1.165) is 17.6 Å². The van der Waals surface area contributed by atoms with Gasteiger partial charge in [0.1, 0.15) is 11.8 Å². The molecule has 1 fully saturated rings. The molecule has 0 amide bonds. The highest BCUT2D eigenvalue weighted by atomic mass is 16.5. The summed E-state index contributed by atoms with van der Waals surface area (Å²) in [4.78, 5) is 0. The third kappa shape index (κ3) is 4.75. The zero-order chi connectivity index (χ0) is 15.2. The lowest BCUT2D eigenvalue weighted by molar-refractivity contribution is 0.228. The second kappa shape index (κ2) is 7.47. The fourth-order valence-electron chi connectivity index (χ4n) is 3.50. The number of nitrogens with zero attached hydrogens (tertiary/aromatic N) is 1. The van der Waals surface area contributed by atoms with Crippen molar-refractivity contribution in [3.8, 4) is 11.8 Å². The number of nitriles is 1. The molecular weight excluding hydrogens is 260 g/mol. The maximum absolute atomic E-state index is 8.51. The average Bonchev–Trinajstić information content (AvgIpc) is 2.44. The number of nitrogens with one attached hydrogen (secondary N) is 1. The molecule has 21 heavy (non-hydrogen) atoms. The normalized spacial score (nSPS) is 26.9. The molecule has 1 aliphatic carbocycles. The van der Waals surface area contributed by atoms with Crippen LogP contribution in [0, 0.1) is 23.2 Å². The summed E-state index contributed by atoms with van der Waals surface area (Å²) in [6.45, 7) is 7.03. The SMILES string of the molecule is CC1CC(C)CC(NC(C)c2ccc(OCC#N)cc2)C1. The van der Waals surface area contributed by atoms with Crippen LogP contribution in [-0.2, 0) is 0 Å². The molecule has 3 nitrogen and oxygen atoms in total. The van der Waals surface area contributed by atoms with Crippen LogP contribution in [0.3, 0.4) is 0 Å². The van der Waals surface area contributed by atoms with E-state index in [1.807, 2.05) is 18.2 Å². The Morgan fingerprint density at radius 1 is 1.19 bits per heavy atom. The second-order valence-electron chi connectivity index (χ2n) is 6.52. The maximum atomic E-state index is 8.51. The molecule has 0 radical (unpaired) electrons. The average molecular weight is 286 g/mol. The first-order chi connectivity index (χ1) is 10.1.